The lowest BCUT2D eigenvalue weighted by Gasteiger charge is -2.27. The molecular formula is C13H17BrN2. The van der Waals surface area contributed by atoms with Crippen LogP contribution in [0.1, 0.15) is 33.1 Å². The van der Waals surface area contributed by atoms with Gasteiger partial charge in [-0.1, -0.05) is 36.2 Å². The maximum absolute atomic E-state index is 9.30. The van der Waals surface area contributed by atoms with Gasteiger partial charge in [0.1, 0.15) is 5.54 Å². The highest BCUT2D eigenvalue weighted by Crippen LogP contribution is 2.24. The third kappa shape index (κ3) is 3.24. The van der Waals surface area contributed by atoms with Gasteiger partial charge in [0.2, 0.25) is 0 Å². The van der Waals surface area contributed by atoms with Crippen molar-refractivity contribution in [2.24, 2.45) is 0 Å². The van der Waals surface area contributed by atoms with Crippen molar-refractivity contribution in [1.82, 2.24) is 0 Å². The molecule has 1 aromatic carbocycles. The topological polar surface area (TPSA) is 35.8 Å². The molecule has 0 amide bonds. The lowest BCUT2D eigenvalue weighted by atomic mass is 9.92. The highest BCUT2D eigenvalue weighted by molar-refractivity contribution is 9.10. The first-order valence-electron chi connectivity index (χ1n) is 5.61. The van der Waals surface area contributed by atoms with E-state index in [0.29, 0.717) is 0 Å². The minimum atomic E-state index is -0.428. The number of halogens is 1. The van der Waals surface area contributed by atoms with Crippen LogP contribution in [-0.2, 0) is 0 Å². The Bertz CT molecular complexity index is 367. The lowest BCUT2D eigenvalue weighted by Crippen LogP contribution is -2.35. The van der Waals surface area contributed by atoms with Gasteiger partial charge in [-0.2, -0.15) is 5.26 Å². The molecule has 0 radical (unpaired) electrons. The fourth-order valence-electron chi connectivity index (χ4n) is 1.73. The Kier molecular flexibility index (Phi) is 4.82. The Balaban J connectivity index is 2.83. The average Bonchev–Trinajstić information content (AvgIpc) is 2.31. The molecule has 0 aliphatic heterocycles. The number of hydrogen-bond acceptors (Lipinski definition) is 2. The van der Waals surface area contributed by atoms with Crippen LogP contribution in [0.3, 0.4) is 0 Å². The largest absolute Gasteiger partial charge is 0.367 e. The van der Waals surface area contributed by atoms with E-state index in [-0.39, 0.29) is 0 Å². The van der Waals surface area contributed by atoms with Crippen LogP contribution >= 0.6 is 15.9 Å². The van der Waals surface area contributed by atoms with Gasteiger partial charge in [-0.25, -0.2) is 0 Å². The first-order valence-corrected chi connectivity index (χ1v) is 6.40. The van der Waals surface area contributed by atoms with Gasteiger partial charge in [-0.05, 0) is 37.1 Å². The molecule has 1 N–H and O–H groups in total. The average molecular weight is 281 g/mol. The number of nitrogens with one attached hydrogen (secondary N) is 1. The molecule has 1 unspecified atom stereocenters. The maximum Gasteiger partial charge on any atom is 0.125 e. The van der Waals surface area contributed by atoms with E-state index >= 15 is 0 Å². The number of benzene rings is 1. The van der Waals surface area contributed by atoms with Crippen LogP contribution in [0.15, 0.2) is 28.7 Å². The van der Waals surface area contributed by atoms with Gasteiger partial charge in [0.15, 0.2) is 0 Å². The van der Waals surface area contributed by atoms with Gasteiger partial charge < -0.3 is 5.32 Å². The molecule has 0 aliphatic carbocycles. The first-order chi connectivity index (χ1) is 7.65. The van der Waals surface area contributed by atoms with Crippen LogP contribution in [0.4, 0.5) is 5.69 Å². The molecule has 0 saturated carbocycles. The van der Waals surface area contributed by atoms with Crippen molar-refractivity contribution >= 4 is 21.6 Å². The van der Waals surface area contributed by atoms with Gasteiger partial charge in [0, 0.05) is 10.2 Å². The summed E-state index contributed by atoms with van der Waals surface area (Å²) in [6.07, 6.45) is 2.69. The SMILES string of the molecule is CCCC(C#N)(CC)Nc1ccc(Br)cc1. The molecule has 0 bridgehead atoms. The summed E-state index contributed by atoms with van der Waals surface area (Å²) in [5.74, 6) is 0. The normalized spacial score (nSPS) is 13.9. The monoisotopic (exact) mass is 280 g/mol. The molecule has 0 fully saturated rings. The van der Waals surface area contributed by atoms with Gasteiger partial charge in [0.25, 0.3) is 0 Å². The van der Waals surface area contributed by atoms with E-state index in [1.807, 2.05) is 31.2 Å². The van der Waals surface area contributed by atoms with E-state index in [0.717, 1.165) is 29.4 Å². The Hall–Kier alpha value is -1.01. The van der Waals surface area contributed by atoms with Gasteiger partial charge >= 0.3 is 0 Å². The molecule has 0 heterocycles. The fraction of sp³-hybridized carbons (Fsp3) is 0.462. The molecule has 16 heavy (non-hydrogen) atoms. The summed E-state index contributed by atoms with van der Waals surface area (Å²) in [5.41, 5.74) is 0.572. The Morgan fingerprint density at radius 1 is 1.31 bits per heavy atom. The predicted octanol–water partition coefficient (Wildman–Crippen LogP) is 4.33. The third-order valence-corrected chi connectivity index (χ3v) is 3.25. The van der Waals surface area contributed by atoms with Crippen molar-refractivity contribution in [2.75, 3.05) is 5.32 Å². The summed E-state index contributed by atoms with van der Waals surface area (Å²) in [7, 11) is 0. The van der Waals surface area contributed by atoms with Crippen LogP contribution in [-0.4, -0.2) is 5.54 Å². The smallest absolute Gasteiger partial charge is 0.125 e. The van der Waals surface area contributed by atoms with Crippen LogP contribution in [0.25, 0.3) is 0 Å². The standard InChI is InChI=1S/C13H17BrN2/c1-3-9-13(4-2,10-15)16-12-7-5-11(14)6-8-12/h5-8,16H,3-4,9H2,1-2H3. The van der Waals surface area contributed by atoms with E-state index < -0.39 is 5.54 Å². The molecule has 86 valence electrons. The number of rotatable bonds is 5. The highest BCUT2D eigenvalue weighted by atomic mass is 79.9. The van der Waals surface area contributed by atoms with E-state index in [1.54, 1.807) is 0 Å². The quantitative estimate of drug-likeness (QED) is 0.871. The van der Waals surface area contributed by atoms with E-state index in [2.05, 4.69) is 34.2 Å². The summed E-state index contributed by atoms with van der Waals surface area (Å²) in [5, 5.41) is 12.6. The lowest BCUT2D eigenvalue weighted by molar-refractivity contribution is 0.514. The number of anilines is 1. The fourth-order valence-corrected chi connectivity index (χ4v) is 1.99. The molecule has 1 atom stereocenters. The molecular weight excluding hydrogens is 264 g/mol. The van der Waals surface area contributed by atoms with Crippen LogP contribution < -0.4 is 5.32 Å². The molecule has 3 heteroatoms. The van der Waals surface area contributed by atoms with Gasteiger partial charge in [-0.15, -0.1) is 0 Å². The van der Waals surface area contributed by atoms with Crippen molar-refractivity contribution < 1.29 is 0 Å². The van der Waals surface area contributed by atoms with Gasteiger partial charge in [0.05, 0.1) is 6.07 Å². The molecule has 0 aromatic heterocycles. The second-order valence-corrected chi connectivity index (χ2v) is 4.85. The minimum absolute atomic E-state index is 0.428. The minimum Gasteiger partial charge on any atom is -0.367 e. The predicted molar refractivity (Wildman–Crippen MR) is 71.3 cm³/mol. The Labute approximate surface area is 106 Å². The zero-order valence-electron chi connectivity index (χ0n) is 9.76. The first kappa shape index (κ1) is 13.1. The molecule has 1 aromatic rings. The number of nitriles is 1. The van der Waals surface area contributed by atoms with E-state index in [9.17, 15) is 5.26 Å². The Morgan fingerprint density at radius 3 is 2.38 bits per heavy atom. The van der Waals surface area contributed by atoms with Crippen molar-refractivity contribution in [3.05, 3.63) is 28.7 Å². The summed E-state index contributed by atoms with van der Waals surface area (Å²) < 4.78 is 1.05. The van der Waals surface area contributed by atoms with Crippen LogP contribution in [0, 0.1) is 11.3 Å². The van der Waals surface area contributed by atoms with Crippen molar-refractivity contribution in [2.45, 2.75) is 38.6 Å². The summed E-state index contributed by atoms with van der Waals surface area (Å²) in [4.78, 5) is 0. The Morgan fingerprint density at radius 2 is 1.94 bits per heavy atom. The molecule has 2 nitrogen and oxygen atoms in total. The number of nitrogens with zero attached hydrogens (tertiary/aromatic N) is 1. The zero-order valence-corrected chi connectivity index (χ0v) is 11.3. The van der Waals surface area contributed by atoms with Crippen LogP contribution in [0.2, 0.25) is 0 Å². The zero-order chi connectivity index (χ0) is 12.0. The molecule has 0 spiro atoms. The van der Waals surface area contributed by atoms with Gasteiger partial charge in [-0.3, -0.25) is 0 Å². The van der Waals surface area contributed by atoms with Crippen molar-refractivity contribution in [3.8, 4) is 6.07 Å². The van der Waals surface area contributed by atoms with Crippen molar-refractivity contribution in [1.29, 1.82) is 5.26 Å². The maximum atomic E-state index is 9.30. The number of hydrogen-bond donors (Lipinski definition) is 1. The molecule has 1 rings (SSSR count). The summed E-state index contributed by atoms with van der Waals surface area (Å²) in [6.45, 7) is 4.15. The third-order valence-electron chi connectivity index (χ3n) is 2.72. The summed E-state index contributed by atoms with van der Waals surface area (Å²) >= 11 is 3.40. The molecule has 0 aliphatic rings. The molecule has 0 saturated heterocycles. The highest BCUT2D eigenvalue weighted by Gasteiger charge is 2.26. The van der Waals surface area contributed by atoms with Crippen molar-refractivity contribution in [3.63, 3.8) is 0 Å². The van der Waals surface area contributed by atoms with E-state index in [4.69, 9.17) is 0 Å². The van der Waals surface area contributed by atoms with Crippen LogP contribution in [0.5, 0.6) is 0 Å². The second kappa shape index (κ2) is 5.91. The summed E-state index contributed by atoms with van der Waals surface area (Å²) in [6, 6.07) is 10.3. The second-order valence-electron chi connectivity index (χ2n) is 3.93. The van der Waals surface area contributed by atoms with E-state index in [1.165, 1.54) is 0 Å².